The fraction of sp³-hybridized carbons (Fsp3) is 0.448. The average Bonchev–Trinajstić information content (AvgIpc) is 3.42. The highest BCUT2D eigenvalue weighted by molar-refractivity contribution is 6.33. The second-order valence-corrected chi connectivity index (χ2v) is 11.1. The van der Waals surface area contributed by atoms with Crippen molar-refractivity contribution in [2.45, 2.75) is 51.6 Å². The molecule has 41 heavy (non-hydrogen) atoms. The van der Waals surface area contributed by atoms with Crippen LogP contribution in [-0.2, 0) is 16.1 Å². The van der Waals surface area contributed by atoms with E-state index in [1.165, 1.54) is 4.57 Å². The number of nitrogens with one attached hydrogen (secondary N) is 2. The number of carbonyl (C=O) groups is 1. The van der Waals surface area contributed by atoms with Crippen LogP contribution < -0.4 is 16.2 Å². The normalized spacial score (nSPS) is 16.7. The van der Waals surface area contributed by atoms with Gasteiger partial charge in [-0.1, -0.05) is 28.9 Å². The number of halogens is 1. The lowest BCUT2D eigenvalue weighted by Gasteiger charge is -2.23. The molecule has 5 heterocycles. The summed E-state index contributed by atoms with van der Waals surface area (Å²) in [5.74, 6) is 1.59. The molecule has 0 bridgehead atoms. The van der Waals surface area contributed by atoms with Crippen LogP contribution in [-0.4, -0.2) is 62.8 Å². The van der Waals surface area contributed by atoms with E-state index in [2.05, 4.69) is 25.8 Å². The van der Waals surface area contributed by atoms with Gasteiger partial charge >= 0.3 is 0 Å². The fourth-order valence-electron chi connectivity index (χ4n) is 5.53. The zero-order chi connectivity index (χ0) is 28.3. The highest BCUT2D eigenvalue weighted by atomic mass is 35.5. The Hall–Kier alpha value is -3.67. The monoisotopic (exact) mass is 577 g/mol. The van der Waals surface area contributed by atoms with Crippen molar-refractivity contribution in [1.82, 2.24) is 30.0 Å². The summed E-state index contributed by atoms with van der Waals surface area (Å²) in [5.41, 5.74) is 1.64. The molecule has 2 saturated heterocycles. The number of ether oxygens (including phenoxy) is 1. The summed E-state index contributed by atoms with van der Waals surface area (Å²) in [6.07, 6.45) is 5.71. The molecule has 0 unspecified atom stereocenters. The summed E-state index contributed by atoms with van der Waals surface area (Å²) in [5, 5.41) is 11.6. The molecule has 3 aromatic heterocycles. The summed E-state index contributed by atoms with van der Waals surface area (Å²) in [6, 6.07) is 7.18. The van der Waals surface area contributed by atoms with Crippen molar-refractivity contribution in [1.29, 1.82) is 0 Å². The molecule has 1 aromatic carbocycles. The minimum Gasteiger partial charge on any atom is -0.381 e. The first kappa shape index (κ1) is 27.5. The van der Waals surface area contributed by atoms with Crippen LogP contribution in [0.25, 0.3) is 33.5 Å². The number of fused-ring (bicyclic) bond motifs is 1. The summed E-state index contributed by atoms with van der Waals surface area (Å²) >= 11 is 6.71. The van der Waals surface area contributed by atoms with E-state index < -0.39 is 0 Å². The Morgan fingerprint density at radius 3 is 2.66 bits per heavy atom. The van der Waals surface area contributed by atoms with Gasteiger partial charge in [0.1, 0.15) is 5.65 Å². The largest absolute Gasteiger partial charge is 0.381 e. The topological polar surface area (TPSA) is 137 Å². The van der Waals surface area contributed by atoms with Crippen LogP contribution in [0.1, 0.15) is 38.0 Å². The highest BCUT2D eigenvalue weighted by Crippen LogP contribution is 2.31. The third kappa shape index (κ3) is 6.17. The van der Waals surface area contributed by atoms with Crippen molar-refractivity contribution in [2.75, 3.05) is 31.6 Å². The molecule has 0 aliphatic carbocycles. The number of hydrogen-bond donors (Lipinski definition) is 2. The first-order valence-corrected chi connectivity index (χ1v) is 14.4. The molecule has 2 fully saturated rings. The van der Waals surface area contributed by atoms with E-state index in [1.54, 1.807) is 37.4 Å². The van der Waals surface area contributed by atoms with Gasteiger partial charge in [-0.3, -0.25) is 14.2 Å². The van der Waals surface area contributed by atoms with Gasteiger partial charge in [0, 0.05) is 65.9 Å². The van der Waals surface area contributed by atoms with Crippen LogP contribution in [0.5, 0.6) is 0 Å². The number of rotatable bonds is 8. The van der Waals surface area contributed by atoms with Gasteiger partial charge in [0.2, 0.25) is 17.7 Å². The van der Waals surface area contributed by atoms with E-state index in [0.717, 1.165) is 38.8 Å². The van der Waals surface area contributed by atoms with Gasteiger partial charge in [0.05, 0.1) is 6.54 Å². The van der Waals surface area contributed by atoms with Crippen LogP contribution in [0, 0.1) is 12.8 Å². The number of carbonyl (C=O) groups excluding carboxylic acids is 1. The van der Waals surface area contributed by atoms with Crippen LogP contribution in [0.4, 0.5) is 5.95 Å². The third-order valence-electron chi connectivity index (χ3n) is 7.74. The fourth-order valence-corrected chi connectivity index (χ4v) is 5.81. The number of hydrogen-bond acceptors (Lipinski definition) is 10. The van der Waals surface area contributed by atoms with Gasteiger partial charge in [0.15, 0.2) is 5.78 Å². The van der Waals surface area contributed by atoms with Crippen molar-refractivity contribution in [2.24, 2.45) is 5.92 Å². The number of pyridine rings is 1. The quantitative estimate of drug-likeness (QED) is 0.316. The van der Waals surface area contributed by atoms with Crippen LogP contribution in [0.2, 0.25) is 5.02 Å². The van der Waals surface area contributed by atoms with Gasteiger partial charge in [-0.2, -0.15) is 9.97 Å². The molecule has 2 aliphatic rings. The summed E-state index contributed by atoms with van der Waals surface area (Å²) < 4.78 is 12.0. The first-order chi connectivity index (χ1) is 19.9. The zero-order valence-electron chi connectivity index (χ0n) is 22.9. The lowest BCUT2D eigenvalue weighted by atomic mass is 9.92. The first-order valence-electron chi connectivity index (χ1n) is 14.0. The predicted molar refractivity (Wildman–Crippen MR) is 155 cm³/mol. The van der Waals surface area contributed by atoms with Crippen molar-refractivity contribution in [3.63, 3.8) is 0 Å². The second kappa shape index (κ2) is 12.1. The molecule has 2 aliphatic heterocycles. The van der Waals surface area contributed by atoms with E-state index in [9.17, 15) is 9.59 Å². The molecule has 0 spiro atoms. The van der Waals surface area contributed by atoms with E-state index >= 15 is 0 Å². The third-order valence-corrected chi connectivity index (χ3v) is 8.05. The molecule has 2 N–H and O–H groups in total. The number of nitrogens with zero attached hydrogens (tertiary/aromatic N) is 5. The molecule has 214 valence electrons. The number of benzene rings is 1. The van der Waals surface area contributed by atoms with Crippen molar-refractivity contribution in [3.8, 4) is 22.5 Å². The Balaban J connectivity index is 1.38. The maximum absolute atomic E-state index is 14.0. The van der Waals surface area contributed by atoms with Crippen molar-refractivity contribution in [3.05, 3.63) is 51.7 Å². The highest BCUT2D eigenvalue weighted by Gasteiger charge is 2.22. The Morgan fingerprint density at radius 2 is 1.93 bits per heavy atom. The number of Topliss-reactive ketones (excluding diaryl/α,β-unsaturated/α-hetero) is 1. The van der Waals surface area contributed by atoms with Gasteiger partial charge in [-0.25, -0.2) is 4.98 Å². The Labute approximate surface area is 241 Å². The zero-order valence-corrected chi connectivity index (χ0v) is 23.6. The smallest absolute Gasteiger partial charge is 0.260 e. The molecule has 11 nitrogen and oxygen atoms in total. The standard InChI is InChI=1S/C29H32ClN7O4/c1-17-33-26(36-41-17)19-2-3-23(25(30)14-19)24-13-20-15-32-29(34-21-6-10-40-11-7-21)35-27(20)37(28(24)39)16-22(38)12-18-4-8-31-9-5-18/h2-3,13-15,18,21,31H,4-12,16H2,1H3,(H,32,34,35). The maximum atomic E-state index is 14.0. The number of ketones is 1. The molecule has 0 amide bonds. The molecule has 4 aromatic rings. The average molecular weight is 578 g/mol. The number of piperidine rings is 1. The van der Waals surface area contributed by atoms with Gasteiger partial charge in [-0.15, -0.1) is 0 Å². The van der Waals surface area contributed by atoms with Crippen molar-refractivity contribution >= 4 is 34.4 Å². The Bertz CT molecular complexity index is 1620. The number of aryl methyl sites for hydroxylation is 1. The van der Waals surface area contributed by atoms with Gasteiger partial charge in [0.25, 0.3) is 5.56 Å². The molecule has 0 saturated carbocycles. The molecular formula is C29H32ClN7O4. The molecule has 0 atom stereocenters. The Kier molecular flexibility index (Phi) is 8.09. The van der Waals surface area contributed by atoms with E-state index in [-0.39, 0.29) is 23.9 Å². The SMILES string of the molecule is Cc1nc(-c2ccc(-c3cc4cnc(NC5CCOCC5)nc4n(CC(=O)CC4CCNCC4)c3=O)c(Cl)c2)no1. The summed E-state index contributed by atoms with van der Waals surface area (Å²) in [4.78, 5) is 40.8. The number of anilines is 1. The van der Waals surface area contributed by atoms with Gasteiger partial charge < -0.3 is 19.9 Å². The molecule has 6 rings (SSSR count). The predicted octanol–water partition coefficient (Wildman–Crippen LogP) is 4.02. The van der Waals surface area contributed by atoms with Crippen LogP contribution in [0.15, 0.2) is 39.8 Å². The Morgan fingerprint density at radius 1 is 1.12 bits per heavy atom. The second-order valence-electron chi connectivity index (χ2n) is 10.7. The lowest BCUT2D eigenvalue weighted by Crippen LogP contribution is -2.31. The molecular weight excluding hydrogens is 546 g/mol. The summed E-state index contributed by atoms with van der Waals surface area (Å²) in [7, 11) is 0. The summed E-state index contributed by atoms with van der Waals surface area (Å²) in [6.45, 7) is 4.81. The molecule has 0 radical (unpaired) electrons. The van der Waals surface area contributed by atoms with Gasteiger partial charge in [-0.05, 0) is 56.8 Å². The molecule has 12 heteroatoms. The number of aromatic nitrogens is 5. The lowest BCUT2D eigenvalue weighted by molar-refractivity contribution is -0.120. The van der Waals surface area contributed by atoms with E-state index in [1.807, 2.05) is 0 Å². The van der Waals surface area contributed by atoms with E-state index in [4.69, 9.17) is 25.8 Å². The van der Waals surface area contributed by atoms with Crippen LogP contribution in [0.3, 0.4) is 0 Å². The van der Waals surface area contributed by atoms with E-state index in [0.29, 0.717) is 76.0 Å². The van der Waals surface area contributed by atoms with Crippen molar-refractivity contribution < 1.29 is 14.1 Å². The minimum absolute atomic E-state index is 0.00363. The van der Waals surface area contributed by atoms with Crippen LogP contribution >= 0.6 is 11.6 Å². The minimum atomic E-state index is -0.336. The maximum Gasteiger partial charge on any atom is 0.260 e.